The first-order valence-electron chi connectivity index (χ1n) is 9.88. The Morgan fingerprint density at radius 3 is 2.35 bits per heavy atom. The van der Waals surface area contributed by atoms with Gasteiger partial charge in [0.1, 0.15) is 5.82 Å². The quantitative estimate of drug-likeness (QED) is 0.365. The Balaban J connectivity index is 1.84. The molecule has 6 N–H and O–H groups in total. The van der Waals surface area contributed by atoms with Crippen LogP contribution in [0.25, 0.3) is 16.9 Å². The molecule has 4 aromatic rings. The number of aromatic carboxylic acids is 1. The number of aromatic nitrogens is 2. The van der Waals surface area contributed by atoms with Crippen LogP contribution in [0.2, 0.25) is 0 Å². The van der Waals surface area contributed by atoms with Gasteiger partial charge < -0.3 is 21.9 Å². The second-order valence-corrected chi connectivity index (χ2v) is 7.04. The van der Waals surface area contributed by atoms with E-state index < -0.39 is 5.97 Å². The summed E-state index contributed by atoms with van der Waals surface area (Å²) in [6.07, 6.45) is 0. The number of nitrogens with two attached hydrogens (primary N) is 2. The maximum absolute atomic E-state index is 11.7. The normalized spacial score (nSPS) is 10.8. The van der Waals surface area contributed by atoms with Crippen molar-refractivity contribution in [3.63, 3.8) is 0 Å². The minimum atomic E-state index is -1.01. The van der Waals surface area contributed by atoms with Gasteiger partial charge in [-0.3, -0.25) is 0 Å². The molecule has 4 rings (SSSR count). The van der Waals surface area contributed by atoms with Crippen LogP contribution >= 0.6 is 0 Å². The summed E-state index contributed by atoms with van der Waals surface area (Å²) < 4.78 is 1.76. The molecule has 1 heterocycles. The number of nitrogens with one attached hydrogen (secondary N) is 1. The minimum Gasteiger partial charge on any atom is -0.478 e. The lowest BCUT2D eigenvalue weighted by molar-refractivity contribution is 0.0698. The molecule has 7 heteroatoms. The number of hydrogen-bond donors (Lipinski definition) is 4. The summed E-state index contributed by atoms with van der Waals surface area (Å²) in [5, 5.41) is 17.6. The number of carbonyl (C=O) groups is 1. The highest BCUT2D eigenvalue weighted by Gasteiger charge is 2.16. The molecule has 0 bridgehead atoms. The van der Waals surface area contributed by atoms with E-state index in [1.54, 1.807) is 28.9 Å². The number of rotatable bonds is 7. The zero-order valence-corrected chi connectivity index (χ0v) is 16.8. The highest BCUT2D eigenvalue weighted by Crippen LogP contribution is 2.29. The van der Waals surface area contributed by atoms with Crippen molar-refractivity contribution in [2.24, 2.45) is 11.5 Å². The molecule has 0 aliphatic rings. The fourth-order valence-corrected chi connectivity index (χ4v) is 3.41. The Morgan fingerprint density at radius 1 is 0.935 bits per heavy atom. The van der Waals surface area contributed by atoms with Crippen LogP contribution < -0.4 is 16.8 Å². The summed E-state index contributed by atoms with van der Waals surface area (Å²) in [7, 11) is 0. The number of nitrogens with zero attached hydrogens (tertiary/aromatic N) is 2. The van der Waals surface area contributed by atoms with E-state index in [2.05, 4.69) is 5.32 Å². The standard InChI is InChI=1S/C24H23N5O2/c25-14-16-9-11-17(12-10-16)21-13-23(27-20-7-3-2-6-19(20)24(30)31)29(28-21)22-8-4-1-5-18(22)15-26/h1-13,27H,14-15,25-26H2,(H,30,31). The Hall–Kier alpha value is -3.94. The first kappa shape index (κ1) is 20.3. The van der Waals surface area contributed by atoms with E-state index in [-0.39, 0.29) is 5.56 Å². The van der Waals surface area contributed by atoms with Gasteiger partial charge in [-0.05, 0) is 29.3 Å². The molecule has 0 saturated heterocycles. The average molecular weight is 413 g/mol. The molecule has 31 heavy (non-hydrogen) atoms. The number of para-hydroxylation sites is 2. The van der Waals surface area contributed by atoms with Crippen LogP contribution in [0.15, 0.2) is 78.9 Å². The monoisotopic (exact) mass is 413 g/mol. The summed E-state index contributed by atoms with van der Waals surface area (Å²) in [6.45, 7) is 0.819. The van der Waals surface area contributed by atoms with Gasteiger partial charge in [0.25, 0.3) is 0 Å². The lowest BCUT2D eigenvalue weighted by Crippen LogP contribution is -2.09. The van der Waals surface area contributed by atoms with E-state index in [0.29, 0.717) is 24.6 Å². The molecule has 0 fully saturated rings. The van der Waals surface area contributed by atoms with Gasteiger partial charge in [-0.15, -0.1) is 0 Å². The van der Waals surface area contributed by atoms with Gasteiger partial charge in [0.2, 0.25) is 0 Å². The molecule has 3 aromatic carbocycles. The van der Waals surface area contributed by atoms with Crippen LogP contribution in [0.1, 0.15) is 21.5 Å². The third kappa shape index (κ3) is 4.18. The molecule has 0 radical (unpaired) electrons. The van der Waals surface area contributed by atoms with Crippen LogP contribution in [-0.2, 0) is 13.1 Å². The van der Waals surface area contributed by atoms with Gasteiger partial charge in [-0.2, -0.15) is 5.10 Å². The molecule has 1 aromatic heterocycles. The maximum atomic E-state index is 11.7. The molecular weight excluding hydrogens is 390 g/mol. The van der Waals surface area contributed by atoms with Crippen LogP contribution in [0, 0.1) is 0 Å². The number of hydrogen-bond acceptors (Lipinski definition) is 5. The number of carboxylic acids is 1. The Kier molecular flexibility index (Phi) is 5.79. The van der Waals surface area contributed by atoms with Crippen LogP contribution in [0.3, 0.4) is 0 Å². The third-order valence-electron chi connectivity index (χ3n) is 5.05. The van der Waals surface area contributed by atoms with Gasteiger partial charge in [-0.1, -0.05) is 54.6 Å². The minimum absolute atomic E-state index is 0.177. The van der Waals surface area contributed by atoms with Gasteiger partial charge >= 0.3 is 5.97 Å². The lowest BCUT2D eigenvalue weighted by Gasteiger charge is -2.14. The summed E-state index contributed by atoms with van der Waals surface area (Å²) in [4.78, 5) is 11.7. The number of carboxylic acid groups (broad SMARTS) is 1. The summed E-state index contributed by atoms with van der Waals surface area (Å²) in [5.74, 6) is -0.373. The van der Waals surface area contributed by atoms with E-state index in [1.807, 2.05) is 54.6 Å². The van der Waals surface area contributed by atoms with Crippen molar-refractivity contribution >= 4 is 17.5 Å². The fourth-order valence-electron chi connectivity index (χ4n) is 3.41. The summed E-state index contributed by atoms with van der Waals surface area (Å²) in [6, 6.07) is 24.3. The van der Waals surface area contributed by atoms with E-state index >= 15 is 0 Å². The number of benzene rings is 3. The van der Waals surface area contributed by atoms with Crippen LogP contribution in [-0.4, -0.2) is 20.9 Å². The molecule has 0 unspecified atom stereocenters. The summed E-state index contributed by atoms with van der Waals surface area (Å²) >= 11 is 0. The molecule has 0 spiro atoms. The topological polar surface area (TPSA) is 119 Å². The van der Waals surface area contributed by atoms with Gasteiger partial charge in [0.15, 0.2) is 0 Å². The van der Waals surface area contributed by atoms with Crippen molar-refractivity contribution in [3.8, 4) is 16.9 Å². The van der Waals surface area contributed by atoms with Gasteiger partial charge in [0, 0.05) is 24.7 Å². The predicted octanol–water partition coefficient (Wildman–Crippen LogP) is 3.90. The molecule has 7 nitrogen and oxygen atoms in total. The molecule has 0 aliphatic carbocycles. The average Bonchev–Trinajstić information content (AvgIpc) is 3.22. The highest BCUT2D eigenvalue weighted by molar-refractivity contribution is 5.95. The van der Waals surface area contributed by atoms with E-state index in [1.165, 1.54) is 0 Å². The fraction of sp³-hybridized carbons (Fsp3) is 0.0833. The highest BCUT2D eigenvalue weighted by atomic mass is 16.4. The molecule has 0 saturated carbocycles. The van der Waals surface area contributed by atoms with E-state index in [9.17, 15) is 9.90 Å². The van der Waals surface area contributed by atoms with Crippen LogP contribution in [0.5, 0.6) is 0 Å². The first-order chi connectivity index (χ1) is 15.1. The largest absolute Gasteiger partial charge is 0.478 e. The van der Waals surface area contributed by atoms with Gasteiger partial charge in [0.05, 0.1) is 22.6 Å². The van der Waals surface area contributed by atoms with Crippen LogP contribution in [0.4, 0.5) is 11.5 Å². The van der Waals surface area contributed by atoms with Crippen molar-refractivity contribution in [1.82, 2.24) is 9.78 Å². The smallest absolute Gasteiger partial charge is 0.337 e. The molecule has 0 atom stereocenters. The Labute approximate surface area is 179 Å². The lowest BCUT2D eigenvalue weighted by atomic mass is 10.1. The second kappa shape index (κ2) is 8.83. The van der Waals surface area contributed by atoms with Crippen molar-refractivity contribution < 1.29 is 9.90 Å². The zero-order chi connectivity index (χ0) is 21.8. The van der Waals surface area contributed by atoms with Crippen molar-refractivity contribution in [1.29, 1.82) is 0 Å². The first-order valence-corrected chi connectivity index (χ1v) is 9.88. The molecule has 0 aliphatic heterocycles. The molecule has 156 valence electrons. The second-order valence-electron chi connectivity index (χ2n) is 7.04. The zero-order valence-electron chi connectivity index (χ0n) is 16.8. The number of anilines is 2. The maximum Gasteiger partial charge on any atom is 0.337 e. The summed E-state index contributed by atoms with van der Waals surface area (Å²) in [5.41, 5.74) is 16.8. The van der Waals surface area contributed by atoms with Crippen molar-refractivity contribution in [3.05, 3.63) is 95.6 Å². The molecular formula is C24H23N5O2. The Bertz CT molecular complexity index is 1210. The predicted molar refractivity (Wildman–Crippen MR) is 121 cm³/mol. The Morgan fingerprint density at radius 2 is 1.65 bits per heavy atom. The van der Waals surface area contributed by atoms with Gasteiger partial charge in [-0.25, -0.2) is 9.48 Å². The van der Waals surface area contributed by atoms with Crippen molar-refractivity contribution in [2.75, 3.05) is 5.32 Å². The van der Waals surface area contributed by atoms with Crippen molar-refractivity contribution in [2.45, 2.75) is 13.1 Å². The van der Waals surface area contributed by atoms with E-state index in [4.69, 9.17) is 16.6 Å². The van der Waals surface area contributed by atoms with E-state index in [0.717, 1.165) is 28.1 Å². The molecule has 0 amide bonds. The SMILES string of the molecule is NCc1ccc(-c2cc(Nc3ccccc3C(=O)O)n(-c3ccccc3CN)n2)cc1. The third-order valence-corrected chi connectivity index (χ3v) is 5.05.